The summed E-state index contributed by atoms with van der Waals surface area (Å²) in [7, 11) is 0. The number of halogens is 1. The summed E-state index contributed by atoms with van der Waals surface area (Å²) in [6, 6.07) is 8.02. The second-order valence-corrected chi connectivity index (χ2v) is 4.74. The van der Waals surface area contributed by atoms with Gasteiger partial charge in [0.15, 0.2) is 6.04 Å². The highest BCUT2D eigenvalue weighted by molar-refractivity contribution is 5.83. The Bertz CT molecular complexity index is 642. The molecule has 22 heavy (non-hydrogen) atoms. The largest absolute Gasteiger partial charge is 0.480 e. The number of para-hydroxylation sites is 1. The third-order valence-electron chi connectivity index (χ3n) is 3.09. The number of aryl methyl sites for hydroxylation is 1. The van der Waals surface area contributed by atoms with E-state index < -0.39 is 24.6 Å². The Morgan fingerprint density at radius 2 is 2.05 bits per heavy atom. The predicted molar refractivity (Wildman–Crippen MR) is 77.4 cm³/mol. The molecule has 0 aliphatic carbocycles. The topological polar surface area (TPSA) is 84.2 Å². The van der Waals surface area contributed by atoms with E-state index in [2.05, 4.69) is 10.4 Å². The average Bonchev–Trinajstić information content (AvgIpc) is 3.00. The van der Waals surface area contributed by atoms with Crippen molar-refractivity contribution in [3.8, 4) is 5.69 Å². The van der Waals surface area contributed by atoms with Gasteiger partial charge in [0.25, 0.3) is 0 Å². The molecule has 1 aromatic carbocycles. The fourth-order valence-corrected chi connectivity index (χ4v) is 1.90. The number of aliphatic carboxylic acids is 1. The van der Waals surface area contributed by atoms with Crippen LogP contribution in [0.15, 0.2) is 42.7 Å². The highest BCUT2D eigenvalue weighted by atomic mass is 19.1. The molecule has 6 nitrogen and oxygen atoms in total. The highest BCUT2D eigenvalue weighted by Gasteiger charge is 2.19. The molecular formula is C15H16FN3O3. The van der Waals surface area contributed by atoms with Crippen molar-refractivity contribution in [2.24, 2.45) is 0 Å². The Morgan fingerprint density at radius 1 is 1.32 bits per heavy atom. The van der Waals surface area contributed by atoms with E-state index in [9.17, 15) is 14.0 Å². The van der Waals surface area contributed by atoms with Crippen molar-refractivity contribution < 1.29 is 19.1 Å². The smallest absolute Gasteiger partial charge is 0.328 e. The Labute approximate surface area is 126 Å². The second-order valence-electron chi connectivity index (χ2n) is 4.74. The molecule has 2 rings (SSSR count). The molecule has 0 aliphatic heterocycles. The van der Waals surface area contributed by atoms with Gasteiger partial charge in [0, 0.05) is 12.6 Å². The van der Waals surface area contributed by atoms with Crippen molar-refractivity contribution in [3.63, 3.8) is 0 Å². The lowest BCUT2D eigenvalue weighted by molar-refractivity contribution is -0.142. The third kappa shape index (κ3) is 4.15. The van der Waals surface area contributed by atoms with Crippen molar-refractivity contribution in [2.75, 3.05) is 6.67 Å². The Morgan fingerprint density at radius 3 is 2.68 bits per heavy atom. The zero-order chi connectivity index (χ0) is 15.9. The Balaban J connectivity index is 1.89. The molecule has 2 N–H and O–H groups in total. The van der Waals surface area contributed by atoms with Gasteiger partial charge in [0.05, 0.1) is 11.9 Å². The SMILES string of the molecule is O=C(CCc1cnn(-c2ccccc2)c1)NC(CF)C(=O)O. The number of hydrogen-bond donors (Lipinski definition) is 2. The van der Waals surface area contributed by atoms with Crippen molar-refractivity contribution in [2.45, 2.75) is 18.9 Å². The molecule has 1 unspecified atom stereocenters. The van der Waals surface area contributed by atoms with E-state index in [4.69, 9.17) is 5.11 Å². The number of amides is 1. The lowest BCUT2D eigenvalue weighted by atomic mass is 10.2. The van der Waals surface area contributed by atoms with E-state index in [0.717, 1.165) is 11.3 Å². The zero-order valence-corrected chi connectivity index (χ0v) is 11.8. The summed E-state index contributed by atoms with van der Waals surface area (Å²) in [4.78, 5) is 22.2. The van der Waals surface area contributed by atoms with Crippen LogP contribution in [-0.2, 0) is 16.0 Å². The quantitative estimate of drug-likeness (QED) is 0.808. The van der Waals surface area contributed by atoms with Gasteiger partial charge < -0.3 is 10.4 Å². The number of carbonyl (C=O) groups excluding carboxylic acids is 1. The molecule has 1 heterocycles. The maximum absolute atomic E-state index is 12.4. The Hall–Kier alpha value is -2.70. The number of aromatic nitrogens is 2. The number of carbonyl (C=O) groups is 2. The fraction of sp³-hybridized carbons (Fsp3) is 0.267. The minimum atomic E-state index is -1.49. The van der Waals surface area contributed by atoms with Crippen LogP contribution in [0.3, 0.4) is 0 Å². The summed E-state index contributed by atoms with van der Waals surface area (Å²) in [5, 5.41) is 15.0. The van der Waals surface area contributed by atoms with Crippen LogP contribution in [0.5, 0.6) is 0 Å². The van der Waals surface area contributed by atoms with E-state index in [1.54, 1.807) is 17.1 Å². The van der Waals surface area contributed by atoms with E-state index in [0.29, 0.717) is 6.42 Å². The van der Waals surface area contributed by atoms with Gasteiger partial charge in [-0.05, 0) is 24.1 Å². The van der Waals surface area contributed by atoms with E-state index >= 15 is 0 Å². The number of carboxylic acids is 1. The summed E-state index contributed by atoms with van der Waals surface area (Å²) >= 11 is 0. The first kappa shape index (κ1) is 15.7. The van der Waals surface area contributed by atoms with Gasteiger partial charge in [-0.2, -0.15) is 5.10 Å². The van der Waals surface area contributed by atoms with Crippen LogP contribution in [-0.4, -0.2) is 39.5 Å². The molecule has 0 aliphatic rings. The van der Waals surface area contributed by atoms with Crippen LogP contribution in [0.1, 0.15) is 12.0 Å². The normalized spacial score (nSPS) is 11.9. The number of nitrogens with zero attached hydrogens (tertiary/aromatic N) is 2. The molecule has 1 atom stereocenters. The molecule has 1 aromatic heterocycles. The standard InChI is InChI=1S/C15H16FN3O3/c16-8-13(15(21)22)18-14(20)7-6-11-9-17-19(10-11)12-4-2-1-3-5-12/h1-5,9-10,13H,6-8H2,(H,18,20)(H,21,22). The van der Waals surface area contributed by atoms with Crippen molar-refractivity contribution in [1.29, 1.82) is 0 Å². The number of hydrogen-bond acceptors (Lipinski definition) is 3. The molecule has 0 saturated carbocycles. The first-order valence-electron chi connectivity index (χ1n) is 6.77. The summed E-state index contributed by atoms with van der Waals surface area (Å²) < 4.78 is 14.1. The number of carboxylic acid groups (broad SMARTS) is 1. The number of alkyl halides is 1. The van der Waals surface area contributed by atoms with Crippen LogP contribution in [0, 0.1) is 0 Å². The van der Waals surface area contributed by atoms with Gasteiger partial charge in [0.2, 0.25) is 5.91 Å². The van der Waals surface area contributed by atoms with Gasteiger partial charge in [-0.1, -0.05) is 18.2 Å². The van der Waals surface area contributed by atoms with Gasteiger partial charge in [0.1, 0.15) is 6.67 Å². The molecule has 116 valence electrons. The maximum Gasteiger partial charge on any atom is 0.328 e. The molecule has 0 fully saturated rings. The van der Waals surface area contributed by atoms with Crippen LogP contribution in [0.25, 0.3) is 5.69 Å². The number of benzene rings is 1. The van der Waals surface area contributed by atoms with Gasteiger partial charge >= 0.3 is 5.97 Å². The van der Waals surface area contributed by atoms with Gasteiger partial charge in [-0.25, -0.2) is 13.9 Å². The lowest BCUT2D eigenvalue weighted by Crippen LogP contribution is -2.42. The first-order valence-corrected chi connectivity index (χ1v) is 6.77. The maximum atomic E-state index is 12.4. The summed E-state index contributed by atoms with van der Waals surface area (Å²) in [6.07, 6.45) is 3.91. The van der Waals surface area contributed by atoms with Crippen molar-refractivity contribution >= 4 is 11.9 Å². The molecule has 2 aromatic rings. The summed E-state index contributed by atoms with van der Waals surface area (Å²) in [6.45, 7) is -1.13. The molecule has 0 radical (unpaired) electrons. The molecular weight excluding hydrogens is 289 g/mol. The number of nitrogens with one attached hydrogen (secondary N) is 1. The molecule has 1 amide bonds. The lowest BCUT2D eigenvalue weighted by Gasteiger charge is -2.10. The van der Waals surface area contributed by atoms with Gasteiger partial charge in [-0.3, -0.25) is 4.79 Å². The third-order valence-corrected chi connectivity index (χ3v) is 3.09. The van der Waals surface area contributed by atoms with Crippen LogP contribution >= 0.6 is 0 Å². The second kappa shape index (κ2) is 7.35. The number of rotatable bonds is 7. The Kier molecular flexibility index (Phi) is 5.24. The minimum Gasteiger partial charge on any atom is -0.480 e. The van der Waals surface area contributed by atoms with Crippen molar-refractivity contribution in [1.82, 2.24) is 15.1 Å². The van der Waals surface area contributed by atoms with E-state index in [1.165, 1.54) is 0 Å². The highest BCUT2D eigenvalue weighted by Crippen LogP contribution is 2.09. The predicted octanol–water partition coefficient (Wildman–Crippen LogP) is 1.34. The molecule has 0 spiro atoms. The first-order chi connectivity index (χ1) is 10.6. The molecule has 0 saturated heterocycles. The summed E-state index contributed by atoms with van der Waals surface area (Å²) in [5.41, 5.74) is 1.74. The van der Waals surface area contributed by atoms with Gasteiger partial charge in [-0.15, -0.1) is 0 Å². The van der Waals surface area contributed by atoms with Crippen LogP contribution in [0.2, 0.25) is 0 Å². The average molecular weight is 305 g/mol. The summed E-state index contributed by atoms with van der Waals surface area (Å²) in [5.74, 6) is -1.88. The molecule has 0 bridgehead atoms. The van der Waals surface area contributed by atoms with E-state index in [-0.39, 0.29) is 6.42 Å². The fourth-order valence-electron chi connectivity index (χ4n) is 1.90. The van der Waals surface area contributed by atoms with E-state index in [1.807, 2.05) is 30.3 Å². The van der Waals surface area contributed by atoms with Crippen molar-refractivity contribution in [3.05, 3.63) is 48.3 Å². The van der Waals surface area contributed by atoms with Crippen LogP contribution < -0.4 is 5.32 Å². The molecule has 7 heteroatoms. The monoisotopic (exact) mass is 305 g/mol. The van der Waals surface area contributed by atoms with Crippen LogP contribution in [0.4, 0.5) is 4.39 Å². The minimum absolute atomic E-state index is 0.0737. The zero-order valence-electron chi connectivity index (χ0n) is 11.8.